The summed E-state index contributed by atoms with van der Waals surface area (Å²) in [5.74, 6) is 1.05. The number of ether oxygens (including phenoxy) is 3. The van der Waals surface area contributed by atoms with Gasteiger partial charge < -0.3 is 24.4 Å². The average molecular weight is 490 g/mol. The van der Waals surface area contributed by atoms with Crippen LogP contribution in [0.2, 0.25) is 0 Å². The summed E-state index contributed by atoms with van der Waals surface area (Å²) in [6.07, 6.45) is 0. The highest BCUT2D eigenvalue weighted by molar-refractivity contribution is 9.10. The predicted octanol–water partition coefficient (Wildman–Crippen LogP) is 4.46. The molecule has 0 radical (unpaired) electrons. The van der Waals surface area contributed by atoms with Crippen LogP contribution in [0.1, 0.15) is 26.3 Å². The molecule has 31 heavy (non-hydrogen) atoms. The number of anilines is 1. The van der Waals surface area contributed by atoms with Gasteiger partial charge in [-0.05, 0) is 54.1 Å². The minimum absolute atomic E-state index is 0.224. The third-order valence-electron chi connectivity index (χ3n) is 4.51. The second-order valence-electron chi connectivity index (χ2n) is 6.54. The van der Waals surface area contributed by atoms with E-state index in [2.05, 4.69) is 46.1 Å². The van der Waals surface area contributed by atoms with Gasteiger partial charge in [0.15, 0.2) is 18.1 Å². The van der Waals surface area contributed by atoms with Crippen LogP contribution in [0.4, 0.5) is 5.69 Å². The molecule has 0 unspecified atom stereocenters. The maximum absolute atomic E-state index is 12.5. The summed E-state index contributed by atoms with van der Waals surface area (Å²) in [6.45, 7) is 9.50. The van der Waals surface area contributed by atoms with E-state index in [-0.39, 0.29) is 12.5 Å². The second-order valence-corrected chi connectivity index (χ2v) is 7.39. The molecule has 0 heterocycles. The number of nitriles is 1. The molecular weight excluding hydrogens is 462 g/mol. The van der Waals surface area contributed by atoms with Gasteiger partial charge in [-0.15, -0.1) is 0 Å². The Morgan fingerprint density at radius 2 is 1.84 bits per heavy atom. The molecule has 0 aliphatic rings. The van der Waals surface area contributed by atoms with Crippen molar-refractivity contribution in [3.8, 4) is 23.3 Å². The zero-order chi connectivity index (χ0) is 22.6. The van der Waals surface area contributed by atoms with Crippen LogP contribution in [0.25, 0.3) is 0 Å². The molecule has 0 aromatic heterocycles. The van der Waals surface area contributed by atoms with Gasteiger partial charge in [0, 0.05) is 12.6 Å². The summed E-state index contributed by atoms with van der Waals surface area (Å²) in [6, 6.07) is 12.6. The molecule has 0 spiro atoms. The van der Waals surface area contributed by atoms with E-state index >= 15 is 0 Å². The molecule has 1 amide bonds. The van der Waals surface area contributed by atoms with E-state index in [4.69, 9.17) is 19.5 Å². The number of nitrogens with one attached hydrogen (secondary N) is 1. The summed E-state index contributed by atoms with van der Waals surface area (Å²) in [4.78, 5) is 14.8. The van der Waals surface area contributed by atoms with Crippen molar-refractivity contribution in [2.75, 3.05) is 44.8 Å². The average Bonchev–Trinajstić information content (AvgIpc) is 2.77. The predicted molar refractivity (Wildman–Crippen MR) is 124 cm³/mol. The van der Waals surface area contributed by atoms with Crippen molar-refractivity contribution >= 4 is 27.5 Å². The van der Waals surface area contributed by atoms with Gasteiger partial charge in [0.1, 0.15) is 12.4 Å². The Balaban J connectivity index is 2.00. The number of benzene rings is 2. The molecule has 0 fully saturated rings. The van der Waals surface area contributed by atoms with Gasteiger partial charge in [0.05, 0.1) is 28.4 Å². The van der Waals surface area contributed by atoms with Crippen molar-refractivity contribution in [1.29, 1.82) is 5.26 Å². The molecule has 0 saturated heterocycles. The van der Waals surface area contributed by atoms with E-state index in [0.29, 0.717) is 46.2 Å². The van der Waals surface area contributed by atoms with Crippen molar-refractivity contribution in [2.45, 2.75) is 20.8 Å². The lowest BCUT2D eigenvalue weighted by atomic mass is 10.2. The normalized spacial score (nSPS) is 10.5. The highest BCUT2D eigenvalue weighted by Crippen LogP contribution is 2.36. The summed E-state index contributed by atoms with van der Waals surface area (Å²) in [7, 11) is 0. The first-order chi connectivity index (χ1) is 15.0. The minimum atomic E-state index is -0.335. The van der Waals surface area contributed by atoms with E-state index in [1.807, 2.05) is 25.1 Å². The third kappa shape index (κ3) is 7.46. The van der Waals surface area contributed by atoms with Crippen LogP contribution in [0.15, 0.2) is 40.9 Å². The van der Waals surface area contributed by atoms with Crippen LogP contribution in [0.5, 0.6) is 17.2 Å². The Kier molecular flexibility index (Phi) is 10.1. The molecule has 0 bridgehead atoms. The minimum Gasteiger partial charge on any atom is -0.490 e. The zero-order valence-corrected chi connectivity index (χ0v) is 19.7. The van der Waals surface area contributed by atoms with E-state index in [0.717, 1.165) is 19.6 Å². The Morgan fingerprint density at radius 3 is 2.52 bits per heavy atom. The zero-order valence-electron chi connectivity index (χ0n) is 18.1. The molecule has 2 aromatic rings. The lowest BCUT2D eigenvalue weighted by Crippen LogP contribution is -2.28. The van der Waals surface area contributed by atoms with Crippen LogP contribution in [-0.4, -0.2) is 50.3 Å². The van der Waals surface area contributed by atoms with Gasteiger partial charge in [0.25, 0.3) is 5.91 Å². The van der Waals surface area contributed by atoms with Gasteiger partial charge in [-0.1, -0.05) is 26.0 Å². The summed E-state index contributed by atoms with van der Waals surface area (Å²) >= 11 is 3.38. The van der Waals surface area contributed by atoms with Crippen LogP contribution in [-0.2, 0) is 4.79 Å². The Bertz CT molecular complexity index is 910. The molecule has 166 valence electrons. The SMILES string of the molecule is CCOc1cc(C#N)cc(Br)c1OCC(=O)Nc1ccccc1OCCN(CC)CC. The van der Waals surface area contributed by atoms with Gasteiger partial charge >= 0.3 is 0 Å². The number of rotatable bonds is 12. The third-order valence-corrected chi connectivity index (χ3v) is 5.10. The van der Waals surface area contributed by atoms with Crippen LogP contribution in [0, 0.1) is 11.3 Å². The lowest BCUT2D eigenvalue weighted by molar-refractivity contribution is -0.118. The quantitative estimate of drug-likeness (QED) is 0.473. The second kappa shape index (κ2) is 12.8. The van der Waals surface area contributed by atoms with E-state index in [1.54, 1.807) is 18.2 Å². The van der Waals surface area contributed by atoms with Gasteiger partial charge in [-0.2, -0.15) is 5.26 Å². The first-order valence-corrected chi connectivity index (χ1v) is 11.0. The fraction of sp³-hybridized carbons (Fsp3) is 0.391. The molecular formula is C23H28BrN3O4. The maximum atomic E-state index is 12.5. The summed E-state index contributed by atoms with van der Waals surface area (Å²) < 4.78 is 17.7. The van der Waals surface area contributed by atoms with Crippen LogP contribution < -0.4 is 19.5 Å². The smallest absolute Gasteiger partial charge is 0.262 e. The van der Waals surface area contributed by atoms with Gasteiger partial charge in [-0.25, -0.2) is 0 Å². The number of hydrogen-bond acceptors (Lipinski definition) is 6. The molecule has 8 heteroatoms. The Hall–Kier alpha value is -2.76. The number of amides is 1. The van der Waals surface area contributed by atoms with Crippen molar-refractivity contribution < 1.29 is 19.0 Å². The summed E-state index contributed by atoms with van der Waals surface area (Å²) in [5, 5.41) is 12.0. The van der Waals surface area contributed by atoms with Crippen molar-refractivity contribution in [3.05, 3.63) is 46.4 Å². The van der Waals surface area contributed by atoms with Crippen LogP contribution >= 0.6 is 15.9 Å². The first kappa shape index (κ1) is 24.5. The highest BCUT2D eigenvalue weighted by Gasteiger charge is 2.15. The fourth-order valence-corrected chi connectivity index (χ4v) is 3.44. The van der Waals surface area contributed by atoms with Crippen molar-refractivity contribution in [2.24, 2.45) is 0 Å². The Labute approximate surface area is 192 Å². The topological polar surface area (TPSA) is 83.8 Å². The fourth-order valence-electron chi connectivity index (χ4n) is 2.88. The summed E-state index contributed by atoms with van der Waals surface area (Å²) in [5.41, 5.74) is 1.02. The van der Waals surface area contributed by atoms with E-state index in [1.165, 1.54) is 0 Å². The molecule has 2 rings (SSSR count). The number of halogens is 1. The van der Waals surface area contributed by atoms with E-state index in [9.17, 15) is 4.79 Å². The molecule has 2 aromatic carbocycles. The Morgan fingerprint density at radius 1 is 1.10 bits per heavy atom. The standard InChI is InChI=1S/C23H28BrN3O4/c1-4-27(5-2)11-12-30-20-10-8-7-9-19(20)26-22(28)16-31-23-18(24)13-17(15-25)14-21(23)29-6-3/h7-10,13-14H,4-6,11-12,16H2,1-3H3,(H,26,28). The monoisotopic (exact) mass is 489 g/mol. The van der Waals surface area contributed by atoms with Gasteiger partial charge in [-0.3, -0.25) is 4.79 Å². The largest absolute Gasteiger partial charge is 0.490 e. The van der Waals surface area contributed by atoms with E-state index < -0.39 is 0 Å². The van der Waals surface area contributed by atoms with Crippen molar-refractivity contribution in [3.63, 3.8) is 0 Å². The number of para-hydroxylation sites is 2. The molecule has 0 aliphatic heterocycles. The van der Waals surface area contributed by atoms with Crippen LogP contribution in [0.3, 0.4) is 0 Å². The highest BCUT2D eigenvalue weighted by atomic mass is 79.9. The maximum Gasteiger partial charge on any atom is 0.262 e. The molecule has 7 nitrogen and oxygen atoms in total. The first-order valence-electron chi connectivity index (χ1n) is 10.3. The number of carbonyl (C=O) groups excluding carboxylic acids is 1. The number of hydrogen-bond donors (Lipinski definition) is 1. The number of carbonyl (C=O) groups is 1. The van der Waals surface area contributed by atoms with Crippen molar-refractivity contribution in [1.82, 2.24) is 4.90 Å². The number of nitrogens with zero attached hydrogens (tertiary/aromatic N) is 2. The molecule has 0 saturated carbocycles. The molecule has 1 N–H and O–H groups in total. The van der Waals surface area contributed by atoms with Gasteiger partial charge in [0.2, 0.25) is 0 Å². The lowest BCUT2D eigenvalue weighted by Gasteiger charge is -2.19. The number of likely N-dealkylation sites (N-methyl/N-ethyl adjacent to an activating group) is 1. The molecule has 0 atom stereocenters. The molecule has 0 aliphatic carbocycles.